The lowest BCUT2D eigenvalue weighted by Gasteiger charge is -2.26. The van der Waals surface area contributed by atoms with Gasteiger partial charge in [-0.1, -0.05) is 30.3 Å². The van der Waals surface area contributed by atoms with Crippen LogP contribution in [0.5, 0.6) is 5.75 Å². The van der Waals surface area contributed by atoms with Crippen molar-refractivity contribution in [2.45, 2.75) is 13.3 Å². The quantitative estimate of drug-likeness (QED) is 0.429. The molecule has 33 heavy (non-hydrogen) atoms. The lowest BCUT2D eigenvalue weighted by Crippen LogP contribution is -2.37. The van der Waals surface area contributed by atoms with Crippen molar-refractivity contribution in [1.82, 2.24) is 9.88 Å². The maximum atomic E-state index is 14.4. The highest BCUT2D eigenvalue weighted by atomic mass is 19.1. The molecule has 2 heterocycles. The SMILES string of the molecule is COc1ccc(CCN2CCOCC2)c2c(C(=O)c3ccc(F)c4ccccc34)c(C)[nH]c12. The van der Waals surface area contributed by atoms with Crippen molar-refractivity contribution in [3.63, 3.8) is 0 Å². The Labute approximate surface area is 192 Å². The van der Waals surface area contributed by atoms with Crippen molar-refractivity contribution in [1.29, 1.82) is 0 Å². The standard InChI is InChI=1S/C27H27FN2O3/c1-17-24(27(31)21-8-9-22(28)20-6-4-3-5-19(20)21)25-18(7-10-23(32-2)26(25)29-17)11-12-30-13-15-33-16-14-30/h3-10,29H,11-16H2,1-2H3. The first-order valence-corrected chi connectivity index (χ1v) is 11.3. The van der Waals surface area contributed by atoms with E-state index in [4.69, 9.17) is 9.47 Å². The number of fused-ring (bicyclic) bond motifs is 2. The van der Waals surface area contributed by atoms with Gasteiger partial charge in [-0.05, 0) is 42.5 Å². The number of hydrogen-bond donors (Lipinski definition) is 1. The molecule has 0 bridgehead atoms. The number of H-pyrrole nitrogens is 1. The van der Waals surface area contributed by atoms with E-state index >= 15 is 0 Å². The van der Waals surface area contributed by atoms with Gasteiger partial charge in [-0.15, -0.1) is 0 Å². The number of morpholine rings is 1. The molecule has 0 aliphatic carbocycles. The molecular formula is C27H27FN2O3. The third-order valence-electron chi connectivity index (χ3n) is 6.55. The minimum Gasteiger partial charge on any atom is -0.495 e. The largest absolute Gasteiger partial charge is 0.495 e. The van der Waals surface area contributed by atoms with Gasteiger partial charge in [0.2, 0.25) is 0 Å². The van der Waals surface area contributed by atoms with Crippen LogP contribution < -0.4 is 4.74 Å². The summed E-state index contributed by atoms with van der Waals surface area (Å²) in [6, 6.07) is 14.1. The maximum Gasteiger partial charge on any atom is 0.196 e. The molecule has 5 nitrogen and oxygen atoms in total. The number of methoxy groups -OCH3 is 1. The normalized spacial score (nSPS) is 14.8. The van der Waals surface area contributed by atoms with Gasteiger partial charge in [0.15, 0.2) is 5.78 Å². The van der Waals surface area contributed by atoms with Crippen molar-refractivity contribution in [3.8, 4) is 5.75 Å². The number of halogens is 1. The molecule has 170 valence electrons. The van der Waals surface area contributed by atoms with Crippen molar-refractivity contribution in [3.05, 3.63) is 76.7 Å². The molecule has 0 unspecified atom stereocenters. The summed E-state index contributed by atoms with van der Waals surface area (Å²) in [7, 11) is 1.63. The number of nitrogens with one attached hydrogen (secondary N) is 1. The van der Waals surface area contributed by atoms with Crippen molar-refractivity contribution < 1.29 is 18.7 Å². The predicted molar refractivity (Wildman–Crippen MR) is 128 cm³/mol. The molecule has 0 spiro atoms. The van der Waals surface area contributed by atoms with Crippen molar-refractivity contribution in [2.24, 2.45) is 0 Å². The van der Waals surface area contributed by atoms with Gasteiger partial charge in [-0.2, -0.15) is 0 Å². The molecule has 1 N–H and O–H groups in total. The number of aromatic nitrogens is 1. The molecule has 5 rings (SSSR count). The van der Waals surface area contributed by atoms with Crippen LogP contribution in [0.2, 0.25) is 0 Å². The van der Waals surface area contributed by atoms with Crippen LogP contribution in [0, 0.1) is 12.7 Å². The topological polar surface area (TPSA) is 54.6 Å². The number of nitrogens with zero attached hydrogens (tertiary/aromatic N) is 1. The molecule has 4 aromatic rings. The number of rotatable bonds is 6. The molecule has 1 saturated heterocycles. The van der Waals surface area contributed by atoms with Crippen LogP contribution in [0.4, 0.5) is 4.39 Å². The molecule has 1 fully saturated rings. The van der Waals surface area contributed by atoms with E-state index in [-0.39, 0.29) is 11.6 Å². The van der Waals surface area contributed by atoms with Gasteiger partial charge in [0.1, 0.15) is 11.6 Å². The molecule has 6 heteroatoms. The molecule has 1 aromatic heterocycles. The number of hydrogen-bond acceptors (Lipinski definition) is 4. The molecule has 1 aliphatic rings. The maximum absolute atomic E-state index is 14.4. The van der Waals surface area contributed by atoms with Crippen molar-refractivity contribution >= 4 is 27.5 Å². The van der Waals surface area contributed by atoms with E-state index in [1.165, 1.54) is 6.07 Å². The molecule has 3 aromatic carbocycles. The average Bonchev–Trinajstić information content (AvgIpc) is 3.20. The van der Waals surface area contributed by atoms with Gasteiger partial charge >= 0.3 is 0 Å². The first kappa shape index (κ1) is 21.6. The summed E-state index contributed by atoms with van der Waals surface area (Å²) < 4.78 is 25.5. The van der Waals surface area contributed by atoms with Gasteiger partial charge in [0.25, 0.3) is 0 Å². The molecular weight excluding hydrogens is 419 g/mol. The van der Waals surface area contributed by atoms with E-state index in [2.05, 4.69) is 16.0 Å². The zero-order chi connectivity index (χ0) is 22.9. The first-order valence-electron chi connectivity index (χ1n) is 11.3. The van der Waals surface area contributed by atoms with Crippen LogP contribution in [-0.2, 0) is 11.2 Å². The Morgan fingerprint density at radius 3 is 2.61 bits per heavy atom. The number of ether oxygens (including phenoxy) is 2. The minimum atomic E-state index is -0.328. The fourth-order valence-electron chi connectivity index (χ4n) is 4.83. The first-order chi connectivity index (χ1) is 16.1. The number of ketones is 1. The Morgan fingerprint density at radius 1 is 1.09 bits per heavy atom. The number of aromatic amines is 1. The number of benzene rings is 3. The second kappa shape index (κ2) is 8.96. The van der Waals surface area contributed by atoms with Gasteiger partial charge in [-0.3, -0.25) is 9.69 Å². The summed E-state index contributed by atoms with van der Waals surface area (Å²) in [5.41, 5.74) is 3.82. The van der Waals surface area contributed by atoms with E-state index in [0.717, 1.165) is 61.4 Å². The zero-order valence-corrected chi connectivity index (χ0v) is 18.9. The predicted octanol–water partition coefficient (Wildman–Crippen LogP) is 4.88. The van der Waals surface area contributed by atoms with Gasteiger partial charge < -0.3 is 14.5 Å². The molecule has 1 aliphatic heterocycles. The number of carbonyl (C=O) groups excluding carboxylic acids is 1. The van der Waals surface area contributed by atoms with E-state index < -0.39 is 0 Å². The third kappa shape index (κ3) is 3.90. The molecule has 0 amide bonds. The lowest BCUT2D eigenvalue weighted by molar-refractivity contribution is 0.0385. The van der Waals surface area contributed by atoms with Crippen LogP contribution in [0.1, 0.15) is 27.2 Å². The zero-order valence-electron chi connectivity index (χ0n) is 18.9. The Hall–Kier alpha value is -3.22. The van der Waals surface area contributed by atoms with Crippen LogP contribution in [0.15, 0.2) is 48.5 Å². The van der Waals surface area contributed by atoms with Gasteiger partial charge in [0.05, 0.1) is 31.4 Å². The second-order valence-electron chi connectivity index (χ2n) is 8.48. The second-order valence-corrected chi connectivity index (χ2v) is 8.48. The van der Waals surface area contributed by atoms with Crippen LogP contribution in [0.3, 0.4) is 0 Å². The minimum absolute atomic E-state index is 0.115. The van der Waals surface area contributed by atoms with Gasteiger partial charge in [0, 0.05) is 41.7 Å². The molecule has 0 atom stereocenters. The fraction of sp³-hybridized carbons (Fsp3) is 0.296. The molecule has 0 saturated carbocycles. The highest BCUT2D eigenvalue weighted by Crippen LogP contribution is 2.35. The van der Waals surface area contributed by atoms with Crippen LogP contribution >= 0.6 is 0 Å². The monoisotopic (exact) mass is 446 g/mol. The third-order valence-corrected chi connectivity index (χ3v) is 6.55. The average molecular weight is 447 g/mol. The van der Waals surface area contributed by atoms with E-state index in [9.17, 15) is 9.18 Å². The Morgan fingerprint density at radius 2 is 1.85 bits per heavy atom. The Balaban J connectivity index is 1.63. The summed E-state index contributed by atoms with van der Waals surface area (Å²) in [6.45, 7) is 6.13. The summed E-state index contributed by atoms with van der Waals surface area (Å²) in [4.78, 5) is 19.7. The summed E-state index contributed by atoms with van der Waals surface area (Å²) in [6.07, 6.45) is 0.808. The Bertz CT molecular complexity index is 1340. The fourth-order valence-corrected chi connectivity index (χ4v) is 4.83. The highest BCUT2D eigenvalue weighted by Gasteiger charge is 2.24. The van der Waals surface area contributed by atoms with E-state index in [1.807, 2.05) is 19.1 Å². The molecule has 0 radical (unpaired) electrons. The van der Waals surface area contributed by atoms with Crippen molar-refractivity contribution in [2.75, 3.05) is 40.0 Å². The van der Waals surface area contributed by atoms with Crippen LogP contribution in [-0.4, -0.2) is 55.6 Å². The summed E-state index contributed by atoms with van der Waals surface area (Å²) in [5, 5.41) is 1.96. The summed E-state index contributed by atoms with van der Waals surface area (Å²) >= 11 is 0. The number of carbonyl (C=O) groups is 1. The Kier molecular flexibility index (Phi) is 5.87. The number of aryl methyl sites for hydroxylation is 1. The van der Waals surface area contributed by atoms with E-state index in [1.54, 1.807) is 31.4 Å². The van der Waals surface area contributed by atoms with Crippen LogP contribution in [0.25, 0.3) is 21.7 Å². The lowest BCUT2D eigenvalue weighted by atomic mass is 9.93. The van der Waals surface area contributed by atoms with E-state index in [0.29, 0.717) is 27.6 Å². The summed E-state index contributed by atoms with van der Waals surface area (Å²) in [5.74, 6) is 0.257. The van der Waals surface area contributed by atoms with Gasteiger partial charge in [-0.25, -0.2) is 4.39 Å². The smallest absolute Gasteiger partial charge is 0.196 e. The highest BCUT2D eigenvalue weighted by molar-refractivity contribution is 6.23.